The Kier molecular flexibility index (Phi) is 4.37. The number of carbonyl (C=O) groups is 1. The van der Waals surface area contributed by atoms with E-state index in [4.69, 9.17) is 33.2 Å². The molecule has 3 rings (SSSR count). The highest BCUT2D eigenvalue weighted by Crippen LogP contribution is 2.30. The number of nitrogens with one attached hydrogen (secondary N) is 1. The van der Waals surface area contributed by atoms with Crippen LogP contribution in [-0.2, 0) is 11.2 Å². The van der Waals surface area contributed by atoms with E-state index < -0.39 is 0 Å². The van der Waals surface area contributed by atoms with E-state index in [2.05, 4.69) is 10.3 Å². The van der Waals surface area contributed by atoms with Crippen LogP contribution in [0.15, 0.2) is 30.5 Å². The molecule has 1 aliphatic heterocycles. The quantitative estimate of drug-likeness (QED) is 0.925. The van der Waals surface area contributed by atoms with Gasteiger partial charge in [0, 0.05) is 21.8 Å². The summed E-state index contributed by atoms with van der Waals surface area (Å²) in [4.78, 5) is 16.4. The minimum atomic E-state index is -0.261. The SMILES string of the molecule is N#Cc1cc(Cl)cc(Cl)c1CC(=O)NC1COc2ncccc21. The van der Waals surface area contributed by atoms with Crippen molar-refractivity contribution in [2.24, 2.45) is 0 Å². The Balaban J connectivity index is 1.76. The molecular weight excluding hydrogens is 337 g/mol. The first kappa shape index (κ1) is 15.6. The molecule has 1 atom stereocenters. The first-order chi connectivity index (χ1) is 11.1. The maximum atomic E-state index is 12.3. The summed E-state index contributed by atoms with van der Waals surface area (Å²) < 4.78 is 5.42. The fraction of sp³-hybridized carbons (Fsp3) is 0.188. The number of halogens is 2. The van der Waals surface area contributed by atoms with Crippen molar-refractivity contribution < 1.29 is 9.53 Å². The third-order valence-corrected chi connectivity index (χ3v) is 4.07. The molecule has 1 aromatic carbocycles. The van der Waals surface area contributed by atoms with Gasteiger partial charge in [0.05, 0.1) is 24.1 Å². The van der Waals surface area contributed by atoms with Gasteiger partial charge in [0.1, 0.15) is 6.61 Å². The summed E-state index contributed by atoms with van der Waals surface area (Å²) in [6, 6.07) is 8.40. The van der Waals surface area contributed by atoms with Gasteiger partial charge in [-0.1, -0.05) is 23.2 Å². The number of nitrogens with zero attached hydrogens (tertiary/aromatic N) is 2. The molecule has 0 radical (unpaired) electrons. The van der Waals surface area contributed by atoms with Gasteiger partial charge in [-0.3, -0.25) is 4.79 Å². The molecule has 7 heteroatoms. The molecule has 1 N–H and O–H groups in total. The number of carbonyl (C=O) groups excluding carboxylic acids is 1. The van der Waals surface area contributed by atoms with E-state index in [-0.39, 0.29) is 18.4 Å². The van der Waals surface area contributed by atoms with Crippen molar-refractivity contribution in [3.63, 3.8) is 0 Å². The Morgan fingerprint density at radius 1 is 1.48 bits per heavy atom. The summed E-state index contributed by atoms with van der Waals surface area (Å²) in [6.07, 6.45) is 1.63. The number of nitriles is 1. The van der Waals surface area contributed by atoms with Gasteiger partial charge in [-0.25, -0.2) is 4.98 Å². The molecule has 5 nitrogen and oxygen atoms in total. The fourth-order valence-corrected chi connectivity index (χ4v) is 3.01. The van der Waals surface area contributed by atoms with Gasteiger partial charge < -0.3 is 10.1 Å². The first-order valence-corrected chi connectivity index (χ1v) is 7.59. The van der Waals surface area contributed by atoms with Crippen molar-refractivity contribution in [1.29, 1.82) is 5.26 Å². The second kappa shape index (κ2) is 6.45. The van der Waals surface area contributed by atoms with E-state index in [1.807, 2.05) is 12.1 Å². The normalized spacial score (nSPS) is 15.4. The van der Waals surface area contributed by atoms with E-state index in [1.54, 1.807) is 12.3 Å². The predicted octanol–water partition coefficient (Wildman–Crippen LogP) is 3.05. The van der Waals surface area contributed by atoms with Gasteiger partial charge in [0.25, 0.3) is 0 Å². The second-order valence-corrected chi connectivity index (χ2v) is 5.87. The van der Waals surface area contributed by atoms with Crippen molar-refractivity contribution in [2.75, 3.05) is 6.61 Å². The monoisotopic (exact) mass is 347 g/mol. The maximum absolute atomic E-state index is 12.3. The van der Waals surface area contributed by atoms with Crippen LogP contribution < -0.4 is 10.1 Å². The highest BCUT2D eigenvalue weighted by molar-refractivity contribution is 6.35. The number of pyridine rings is 1. The van der Waals surface area contributed by atoms with Crippen LogP contribution in [0, 0.1) is 11.3 Å². The average molecular weight is 348 g/mol. The van der Waals surface area contributed by atoms with E-state index in [9.17, 15) is 4.79 Å². The summed E-state index contributed by atoms with van der Waals surface area (Å²) in [5.74, 6) is 0.274. The lowest BCUT2D eigenvalue weighted by molar-refractivity contribution is -0.121. The molecule has 0 aliphatic carbocycles. The third-order valence-electron chi connectivity index (χ3n) is 3.52. The Morgan fingerprint density at radius 2 is 2.30 bits per heavy atom. The van der Waals surface area contributed by atoms with Gasteiger partial charge in [-0.2, -0.15) is 5.26 Å². The van der Waals surface area contributed by atoms with Crippen LogP contribution in [0.5, 0.6) is 5.88 Å². The topological polar surface area (TPSA) is 75.0 Å². The van der Waals surface area contributed by atoms with Crippen LogP contribution in [0.4, 0.5) is 0 Å². The summed E-state index contributed by atoms with van der Waals surface area (Å²) in [5.41, 5.74) is 1.59. The number of aromatic nitrogens is 1. The lowest BCUT2D eigenvalue weighted by atomic mass is 10.0. The molecule has 0 saturated heterocycles. The highest BCUT2D eigenvalue weighted by Gasteiger charge is 2.26. The zero-order valence-corrected chi connectivity index (χ0v) is 13.4. The van der Waals surface area contributed by atoms with Crippen molar-refractivity contribution in [3.8, 4) is 11.9 Å². The van der Waals surface area contributed by atoms with Gasteiger partial charge in [0.2, 0.25) is 11.8 Å². The van der Waals surface area contributed by atoms with Crippen LogP contribution in [0.3, 0.4) is 0 Å². The minimum Gasteiger partial charge on any atom is -0.475 e. The Bertz CT molecular complexity index is 817. The molecular formula is C16H11Cl2N3O2. The van der Waals surface area contributed by atoms with Crippen molar-refractivity contribution in [1.82, 2.24) is 10.3 Å². The van der Waals surface area contributed by atoms with E-state index in [0.717, 1.165) is 5.56 Å². The molecule has 2 aromatic rings. The van der Waals surface area contributed by atoms with Crippen LogP contribution in [0.1, 0.15) is 22.7 Å². The van der Waals surface area contributed by atoms with Gasteiger partial charge >= 0.3 is 0 Å². The first-order valence-electron chi connectivity index (χ1n) is 6.83. The number of ether oxygens (including phenoxy) is 1. The molecule has 0 spiro atoms. The Morgan fingerprint density at radius 3 is 3.09 bits per heavy atom. The summed E-state index contributed by atoms with van der Waals surface area (Å²) >= 11 is 12.0. The molecule has 1 amide bonds. The molecule has 0 bridgehead atoms. The van der Waals surface area contributed by atoms with Crippen molar-refractivity contribution in [2.45, 2.75) is 12.5 Å². The number of hydrogen-bond acceptors (Lipinski definition) is 4. The van der Waals surface area contributed by atoms with Crippen LogP contribution in [0.2, 0.25) is 10.0 Å². The molecule has 0 saturated carbocycles. The number of hydrogen-bond donors (Lipinski definition) is 1. The number of amides is 1. The molecule has 23 heavy (non-hydrogen) atoms. The predicted molar refractivity (Wildman–Crippen MR) is 85.5 cm³/mol. The second-order valence-electron chi connectivity index (χ2n) is 5.03. The van der Waals surface area contributed by atoms with E-state index in [0.29, 0.717) is 33.7 Å². The molecule has 2 heterocycles. The van der Waals surface area contributed by atoms with E-state index in [1.165, 1.54) is 12.1 Å². The zero-order chi connectivity index (χ0) is 16.4. The van der Waals surface area contributed by atoms with Crippen molar-refractivity contribution >= 4 is 29.1 Å². The third kappa shape index (κ3) is 3.24. The molecule has 116 valence electrons. The van der Waals surface area contributed by atoms with Gasteiger partial charge in [0.15, 0.2) is 0 Å². The molecule has 1 aromatic heterocycles. The van der Waals surface area contributed by atoms with Crippen LogP contribution >= 0.6 is 23.2 Å². The fourth-order valence-electron chi connectivity index (χ4n) is 2.45. The van der Waals surface area contributed by atoms with Gasteiger partial charge in [-0.05, 0) is 29.8 Å². The number of fused-ring (bicyclic) bond motifs is 1. The standard InChI is InChI=1S/C16H11Cl2N3O2/c17-10-4-9(7-19)12(13(18)5-10)6-15(22)21-14-8-23-16-11(14)2-1-3-20-16/h1-5,14H,6,8H2,(H,21,22). The minimum absolute atomic E-state index is 0.00894. The lowest BCUT2D eigenvalue weighted by Gasteiger charge is -2.13. The molecule has 1 aliphatic rings. The maximum Gasteiger partial charge on any atom is 0.225 e. The summed E-state index contributed by atoms with van der Waals surface area (Å²) in [7, 11) is 0. The Labute approximate surface area is 142 Å². The zero-order valence-electron chi connectivity index (χ0n) is 11.8. The van der Waals surface area contributed by atoms with Gasteiger partial charge in [-0.15, -0.1) is 0 Å². The summed E-state index contributed by atoms with van der Waals surface area (Å²) in [5, 5.41) is 12.7. The highest BCUT2D eigenvalue weighted by atomic mass is 35.5. The largest absolute Gasteiger partial charge is 0.475 e. The smallest absolute Gasteiger partial charge is 0.225 e. The van der Waals surface area contributed by atoms with E-state index >= 15 is 0 Å². The van der Waals surface area contributed by atoms with Crippen LogP contribution in [0.25, 0.3) is 0 Å². The van der Waals surface area contributed by atoms with Crippen molar-refractivity contribution in [3.05, 3.63) is 57.2 Å². The molecule has 0 fully saturated rings. The summed E-state index contributed by atoms with van der Waals surface area (Å²) in [6.45, 7) is 0.331. The lowest BCUT2D eigenvalue weighted by Crippen LogP contribution is -2.31. The Hall–Kier alpha value is -2.29. The van der Waals surface area contributed by atoms with Crippen LogP contribution in [-0.4, -0.2) is 17.5 Å². The average Bonchev–Trinajstić information content (AvgIpc) is 2.93. The number of rotatable bonds is 3. The molecule has 1 unspecified atom stereocenters. The number of benzene rings is 1.